The zero-order chi connectivity index (χ0) is 23.0. The maximum Gasteiger partial charge on any atom is 0.243 e. The van der Waals surface area contributed by atoms with Gasteiger partial charge in [-0.25, -0.2) is 12.7 Å². The average molecular weight is 461 g/mol. The van der Waals surface area contributed by atoms with Crippen LogP contribution < -0.4 is 15.5 Å². The summed E-state index contributed by atoms with van der Waals surface area (Å²) in [5.41, 5.74) is 2.52. The van der Waals surface area contributed by atoms with E-state index in [0.717, 1.165) is 50.5 Å². The standard InChI is InChI=1S/C23H32N4O4S/c1-3-4-13-26(2)32(29,30)22-11-7-19(8-12-22)24-18-23(28)25-20-5-9-21(10-6-20)27-14-16-31-17-15-27/h5-12,24H,3-4,13-18H2,1-2H3,(H,25,28). The summed E-state index contributed by atoms with van der Waals surface area (Å²) in [6.07, 6.45) is 1.75. The zero-order valence-corrected chi connectivity index (χ0v) is 19.5. The number of carbonyl (C=O) groups is 1. The largest absolute Gasteiger partial charge is 0.378 e. The lowest BCUT2D eigenvalue weighted by Gasteiger charge is -2.28. The Kier molecular flexibility index (Phi) is 8.49. The summed E-state index contributed by atoms with van der Waals surface area (Å²) in [4.78, 5) is 14.8. The van der Waals surface area contributed by atoms with Gasteiger partial charge in [-0.3, -0.25) is 4.79 Å². The highest BCUT2D eigenvalue weighted by atomic mass is 32.2. The summed E-state index contributed by atoms with van der Waals surface area (Å²) in [5, 5.41) is 5.89. The quantitative estimate of drug-likeness (QED) is 0.567. The number of morpholine rings is 1. The summed E-state index contributed by atoms with van der Waals surface area (Å²) in [6, 6.07) is 14.2. The number of hydrogen-bond donors (Lipinski definition) is 2. The van der Waals surface area contributed by atoms with E-state index < -0.39 is 10.0 Å². The van der Waals surface area contributed by atoms with Gasteiger partial charge in [-0.05, 0) is 55.0 Å². The van der Waals surface area contributed by atoms with Gasteiger partial charge in [0.25, 0.3) is 0 Å². The smallest absolute Gasteiger partial charge is 0.243 e. The van der Waals surface area contributed by atoms with E-state index in [4.69, 9.17) is 4.74 Å². The van der Waals surface area contributed by atoms with E-state index in [2.05, 4.69) is 15.5 Å². The molecule has 1 aliphatic rings. The van der Waals surface area contributed by atoms with Gasteiger partial charge in [-0.15, -0.1) is 0 Å². The van der Waals surface area contributed by atoms with Gasteiger partial charge in [0, 0.05) is 43.7 Å². The van der Waals surface area contributed by atoms with E-state index in [1.807, 2.05) is 31.2 Å². The fraction of sp³-hybridized carbons (Fsp3) is 0.435. The number of unbranched alkanes of at least 4 members (excludes halogenated alkanes) is 1. The van der Waals surface area contributed by atoms with Crippen LogP contribution in [-0.4, -0.2) is 65.1 Å². The molecular weight excluding hydrogens is 428 g/mol. The van der Waals surface area contributed by atoms with Crippen molar-refractivity contribution in [2.24, 2.45) is 0 Å². The molecule has 0 unspecified atom stereocenters. The molecule has 1 aliphatic heterocycles. The molecule has 1 fully saturated rings. The number of nitrogens with one attached hydrogen (secondary N) is 2. The average Bonchev–Trinajstić information content (AvgIpc) is 2.82. The number of hydrogen-bond acceptors (Lipinski definition) is 6. The van der Waals surface area contributed by atoms with Crippen LogP contribution in [0.1, 0.15) is 19.8 Å². The molecule has 0 aromatic heterocycles. The normalized spacial score (nSPS) is 14.4. The number of carbonyl (C=O) groups excluding carboxylic acids is 1. The number of nitrogens with zero attached hydrogens (tertiary/aromatic N) is 2. The molecule has 1 amide bonds. The molecule has 32 heavy (non-hydrogen) atoms. The summed E-state index contributed by atoms with van der Waals surface area (Å²) in [5.74, 6) is -0.180. The van der Waals surface area contributed by atoms with Crippen LogP contribution >= 0.6 is 0 Å². The number of amides is 1. The van der Waals surface area contributed by atoms with Crippen molar-refractivity contribution in [1.29, 1.82) is 0 Å². The van der Waals surface area contributed by atoms with Gasteiger partial charge in [0.15, 0.2) is 0 Å². The highest BCUT2D eigenvalue weighted by Gasteiger charge is 2.20. The van der Waals surface area contributed by atoms with E-state index in [1.54, 1.807) is 31.3 Å². The minimum absolute atomic E-state index is 0.0771. The second kappa shape index (κ2) is 11.3. The molecule has 2 aromatic carbocycles. The fourth-order valence-electron chi connectivity index (χ4n) is 3.39. The number of benzene rings is 2. The van der Waals surface area contributed by atoms with Gasteiger partial charge < -0.3 is 20.3 Å². The Bertz CT molecular complexity index is 972. The van der Waals surface area contributed by atoms with E-state index >= 15 is 0 Å². The monoisotopic (exact) mass is 460 g/mol. The summed E-state index contributed by atoms with van der Waals surface area (Å²) >= 11 is 0. The lowest BCUT2D eigenvalue weighted by atomic mass is 10.2. The van der Waals surface area contributed by atoms with Gasteiger partial charge in [-0.2, -0.15) is 0 Å². The molecule has 3 rings (SSSR count). The van der Waals surface area contributed by atoms with Crippen molar-refractivity contribution >= 4 is 33.0 Å². The first-order chi connectivity index (χ1) is 15.4. The van der Waals surface area contributed by atoms with Gasteiger partial charge in [0.2, 0.25) is 15.9 Å². The molecule has 2 N–H and O–H groups in total. The van der Waals surface area contributed by atoms with Crippen LogP contribution in [0.5, 0.6) is 0 Å². The minimum Gasteiger partial charge on any atom is -0.378 e. The van der Waals surface area contributed by atoms with Gasteiger partial charge >= 0.3 is 0 Å². The van der Waals surface area contributed by atoms with E-state index in [1.165, 1.54) is 4.31 Å². The van der Waals surface area contributed by atoms with Crippen LogP contribution in [0.25, 0.3) is 0 Å². The molecule has 174 valence electrons. The van der Waals surface area contributed by atoms with Gasteiger partial charge in [0.05, 0.1) is 24.7 Å². The molecule has 0 spiro atoms. The first-order valence-corrected chi connectivity index (χ1v) is 12.4. The van der Waals surface area contributed by atoms with Crippen LogP contribution in [0.4, 0.5) is 17.1 Å². The zero-order valence-electron chi connectivity index (χ0n) is 18.7. The van der Waals surface area contributed by atoms with Crippen LogP contribution in [-0.2, 0) is 19.6 Å². The van der Waals surface area contributed by atoms with Crippen LogP contribution in [0.15, 0.2) is 53.4 Å². The SMILES string of the molecule is CCCCN(C)S(=O)(=O)c1ccc(NCC(=O)Nc2ccc(N3CCOCC3)cc2)cc1. The maximum absolute atomic E-state index is 12.6. The van der Waals surface area contributed by atoms with Crippen molar-refractivity contribution in [2.45, 2.75) is 24.7 Å². The minimum atomic E-state index is -3.50. The number of rotatable bonds is 10. The molecule has 8 nitrogen and oxygen atoms in total. The molecule has 0 atom stereocenters. The Morgan fingerprint density at radius 1 is 1.03 bits per heavy atom. The lowest BCUT2D eigenvalue weighted by Crippen LogP contribution is -2.36. The van der Waals surface area contributed by atoms with Crippen molar-refractivity contribution in [1.82, 2.24) is 4.31 Å². The molecule has 1 saturated heterocycles. The van der Waals surface area contributed by atoms with Crippen molar-refractivity contribution in [3.8, 4) is 0 Å². The van der Waals surface area contributed by atoms with Crippen molar-refractivity contribution in [3.05, 3.63) is 48.5 Å². The highest BCUT2D eigenvalue weighted by molar-refractivity contribution is 7.89. The first kappa shape index (κ1) is 24.0. The molecule has 2 aromatic rings. The molecule has 0 aliphatic carbocycles. The third-order valence-corrected chi connectivity index (χ3v) is 7.24. The molecule has 0 saturated carbocycles. The molecular formula is C23H32N4O4S. The molecule has 0 bridgehead atoms. The lowest BCUT2D eigenvalue weighted by molar-refractivity contribution is -0.114. The summed E-state index contributed by atoms with van der Waals surface area (Å²) in [7, 11) is -1.90. The van der Waals surface area contributed by atoms with Crippen molar-refractivity contribution < 1.29 is 17.9 Å². The van der Waals surface area contributed by atoms with Crippen LogP contribution in [0.3, 0.4) is 0 Å². The predicted octanol–water partition coefficient (Wildman–Crippen LogP) is 2.99. The van der Waals surface area contributed by atoms with Crippen LogP contribution in [0.2, 0.25) is 0 Å². The molecule has 9 heteroatoms. The second-order valence-corrected chi connectivity index (χ2v) is 9.80. The summed E-state index contributed by atoms with van der Waals surface area (Å²) < 4.78 is 31.9. The Labute approximate surface area is 190 Å². The Morgan fingerprint density at radius 2 is 1.66 bits per heavy atom. The van der Waals surface area contributed by atoms with Crippen molar-refractivity contribution in [2.75, 3.05) is 62.0 Å². The number of sulfonamides is 1. The topological polar surface area (TPSA) is 91.0 Å². The highest BCUT2D eigenvalue weighted by Crippen LogP contribution is 2.20. The summed E-state index contributed by atoms with van der Waals surface area (Å²) in [6.45, 7) is 5.78. The van der Waals surface area contributed by atoms with E-state index in [0.29, 0.717) is 12.2 Å². The third-order valence-electron chi connectivity index (χ3n) is 5.37. The maximum atomic E-state index is 12.6. The molecule has 1 heterocycles. The number of anilines is 3. The Balaban J connectivity index is 1.49. The Hall–Kier alpha value is -2.62. The van der Waals surface area contributed by atoms with Gasteiger partial charge in [-0.1, -0.05) is 13.3 Å². The Morgan fingerprint density at radius 3 is 2.28 bits per heavy atom. The van der Waals surface area contributed by atoms with E-state index in [-0.39, 0.29) is 17.3 Å². The fourth-order valence-corrected chi connectivity index (χ4v) is 4.60. The number of ether oxygens (including phenoxy) is 1. The first-order valence-electron chi connectivity index (χ1n) is 10.9. The molecule has 0 radical (unpaired) electrons. The van der Waals surface area contributed by atoms with Crippen molar-refractivity contribution in [3.63, 3.8) is 0 Å². The third kappa shape index (κ3) is 6.44. The predicted molar refractivity (Wildman–Crippen MR) is 128 cm³/mol. The van der Waals surface area contributed by atoms with E-state index in [9.17, 15) is 13.2 Å². The second-order valence-electron chi connectivity index (χ2n) is 7.75. The van der Waals surface area contributed by atoms with Gasteiger partial charge in [0.1, 0.15) is 0 Å². The van der Waals surface area contributed by atoms with Crippen LogP contribution in [0, 0.1) is 0 Å².